The zero-order valence-electron chi connectivity index (χ0n) is 16.4. The summed E-state index contributed by atoms with van der Waals surface area (Å²) in [7, 11) is 1.48. The van der Waals surface area contributed by atoms with Crippen LogP contribution < -0.4 is 10.1 Å². The van der Waals surface area contributed by atoms with Crippen LogP contribution in [0.15, 0.2) is 18.2 Å². The molecular weight excluding hydrogens is 393 g/mol. The third-order valence-electron chi connectivity index (χ3n) is 3.74. The molecule has 1 aromatic heterocycles. The van der Waals surface area contributed by atoms with Crippen LogP contribution in [0, 0.1) is 6.92 Å². The van der Waals surface area contributed by atoms with Crippen LogP contribution in [0.3, 0.4) is 0 Å². The number of alkyl halides is 3. The van der Waals surface area contributed by atoms with E-state index in [-0.39, 0.29) is 30.1 Å². The average Bonchev–Trinajstić information content (AvgIpc) is 2.97. The number of nitrogens with zero attached hydrogens (tertiary/aromatic N) is 1. The number of methoxy groups -OCH3 is 1. The quantitative estimate of drug-likeness (QED) is 0.670. The highest BCUT2D eigenvalue weighted by Gasteiger charge is 2.32. The minimum absolute atomic E-state index is 0.0546. The fourth-order valence-electron chi connectivity index (χ4n) is 2.27. The van der Waals surface area contributed by atoms with Crippen molar-refractivity contribution >= 4 is 22.9 Å². The number of carbonyl (C=O) groups is 1. The molecule has 0 saturated carbocycles. The van der Waals surface area contributed by atoms with E-state index in [1.807, 2.05) is 20.8 Å². The van der Waals surface area contributed by atoms with Crippen molar-refractivity contribution in [3.05, 3.63) is 39.3 Å². The number of hydrogen-bond donors (Lipinski definition) is 1. The van der Waals surface area contributed by atoms with Gasteiger partial charge < -0.3 is 14.8 Å². The van der Waals surface area contributed by atoms with Crippen LogP contribution >= 0.6 is 11.3 Å². The zero-order chi connectivity index (χ0) is 21.1. The van der Waals surface area contributed by atoms with Crippen LogP contribution in [0.2, 0.25) is 0 Å². The van der Waals surface area contributed by atoms with Crippen molar-refractivity contribution in [2.75, 3.05) is 25.6 Å². The van der Waals surface area contributed by atoms with Crippen LogP contribution in [0.1, 0.15) is 46.7 Å². The van der Waals surface area contributed by atoms with Crippen molar-refractivity contribution in [1.29, 1.82) is 0 Å². The molecule has 1 heterocycles. The van der Waals surface area contributed by atoms with Gasteiger partial charge in [0.2, 0.25) is 0 Å². The Morgan fingerprint density at radius 1 is 1.21 bits per heavy atom. The van der Waals surface area contributed by atoms with E-state index in [2.05, 4.69) is 10.3 Å². The Balaban J connectivity index is 2.34. The standard InChI is InChI=1S/C19H23F3N2O3S/c1-11-15(28-17(23-11)18(2,3)4)16(25)24-13-10-12(19(20,21)22)6-7-14(13)27-9-8-26-5/h6-7,10H,8-9H2,1-5H3,(H,24,25). The van der Waals surface area contributed by atoms with Crippen LogP contribution in [0.25, 0.3) is 0 Å². The summed E-state index contributed by atoms with van der Waals surface area (Å²) in [5.74, 6) is -0.391. The Morgan fingerprint density at radius 2 is 1.89 bits per heavy atom. The summed E-state index contributed by atoms with van der Waals surface area (Å²) in [6.45, 7) is 8.02. The molecule has 1 N–H and O–H groups in total. The van der Waals surface area contributed by atoms with Crippen LogP contribution in [0.5, 0.6) is 5.75 Å². The second-order valence-corrected chi connectivity index (χ2v) is 8.19. The number of nitrogens with one attached hydrogen (secondary N) is 1. The largest absolute Gasteiger partial charge is 0.489 e. The van der Waals surface area contributed by atoms with Crippen molar-refractivity contribution in [3.63, 3.8) is 0 Å². The predicted octanol–water partition coefficient (Wildman–Crippen LogP) is 5.05. The first kappa shape index (κ1) is 22.2. The van der Waals surface area contributed by atoms with Gasteiger partial charge in [0.25, 0.3) is 5.91 Å². The summed E-state index contributed by atoms with van der Waals surface area (Å²) in [4.78, 5) is 17.5. The summed E-state index contributed by atoms with van der Waals surface area (Å²) in [5.41, 5.74) is -0.640. The molecule has 0 saturated heterocycles. The highest BCUT2D eigenvalue weighted by atomic mass is 32.1. The number of hydrogen-bond acceptors (Lipinski definition) is 5. The molecule has 0 radical (unpaired) electrons. The molecule has 0 unspecified atom stereocenters. The maximum Gasteiger partial charge on any atom is 0.416 e. The monoisotopic (exact) mass is 416 g/mol. The number of anilines is 1. The Hall–Kier alpha value is -2.13. The van der Waals surface area contributed by atoms with Crippen molar-refractivity contribution in [1.82, 2.24) is 4.98 Å². The fraction of sp³-hybridized carbons (Fsp3) is 0.474. The minimum Gasteiger partial charge on any atom is -0.489 e. The van der Waals surface area contributed by atoms with E-state index in [9.17, 15) is 18.0 Å². The van der Waals surface area contributed by atoms with Gasteiger partial charge in [0, 0.05) is 12.5 Å². The van der Waals surface area contributed by atoms with E-state index in [0.29, 0.717) is 10.6 Å². The molecule has 28 heavy (non-hydrogen) atoms. The van der Waals surface area contributed by atoms with Gasteiger partial charge in [-0.2, -0.15) is 13.2 Å². The lowest BCUT2D eigenvalue weighted by molar-refractivity contribution is -0.137. The van der Waals surface area contributed by atoms with E-state index in [4.69, 9.17) is 9.47 Å². The van der Waals surface area contributed by atoms with Crippen LogP contribution in [-0.4, -0.2) is 31.2 Å². The van der Waals surface area contributed by atoms with Gasteiger partial charge in [-0.15, -0.1) is 11.3 Å². The van der Waals surface area contributed by atoms with Gasteiger partial charge in [-0.25, -0.2) is 4.98 Å². The molecule has 1 aromatic carbocycles. The van der Waals surface area contributed by atoms with Gasteiger partial charge in [0.05, 0.1) is 28.6 Å². The van der Waals surface area contributed by atoms with E-state index < -0.39 is 17.6 Å². The molecule has 5 nitrogen and oxygen atoms in total. The number of carbonyl (C=O) groups excluding carboxylic acids is 1. The lowest BCUT2D eigenvalue weighted by atomic mass is 9.98. The molecule has 2 aromatic rings. The summed E-state index contributed by atoms with van der Waals surface area (Å²) in [6, 6.07) is 2.96. The number of amides is 1. The number of benzene rings is 1. The fourth-order valence-corrected chi connectivity index (χ4v) is 3.29. The summed E-state index contributed by atoms with van der Waals surface area (Å²) >= 11 is 1.22. The van der Waals surface area contributed by atoms with E-state index in [1.165, 1.54) is 24.5 Å². The topological polar surface area (TPSA) is 60.5 Å². The molecule has 1 amide bonds. The Labute approximate surface area is 165 Å². The Kier molecular flexibility index (Phi) is 6.71. The van der Waals surface area contributed by atoms with Crippen molar-refractivity contribution in [2.24, 2.45) is 0 Å². The van der Waals surface area contributed by atoms with Gasteiger partial charge >= 0.3 is 6.18 Å². The van der Waals surface area contributed by atoms with Crippen LogP contribution in [-0.2, 0) is 16.3 Å². The average molecular weight is 416 g/mol. The second-order valence-electron chi connectivity index (χ2n) is 7.19. The van der Waals surface area contributed by atoms with E-state index in [1.54, 1.807) is 6.92 Å². The number of aromatic nitrogens is 1. The SMILES string of the molecule is COCCOc1ccc(C(F)(F)F)cc1NC(=O)c1sc(C(C)(C)C)nc1C. The molecule has 0 fully saturated rings. The Bertz CT molecular complexity index is 842. The van der Waals surface area contributed by atoms with Crippen molar-refractivity contribution in [3.8, 4) is 5.75 Å². The highest BCUT2D eigenvalue weighted by Crippen LogP contribution is 2.36. The minimum atomic E-state index is -4.54. The first-order valence-electron chi connectivity index (χ1n) is 8.55. The number of halogens is 3. The molecule has 0 atom stereocenters. The predicted molar refractivity (Wildman–Crippen MR) is 102 cm³/mol. The normalized spacial score (nSPS) is 12.1. The van der Waals surface area contributed by atoms with Gasteiger partial charge in [0.15, 0.2) is 0 Å². The third-order valence-corrected chi connectivity index (χ3v) is 5.33. The lowest BCUT2D eigenvalue weighted by Crippen LogP contribution is -2.15. The van der Waals surface area contributed by atoms with Gasteiger partial charge in [-0.05, 0) is 25.1 Å². The molecule has 0 bridgehead atoms. The van der Waals surface area contributed by atoms with Crippen molar-refractivity contribution < 1.29 is 27.4 Å². The van der Waals surface area contributed by atoms with Gasteiger partial charge in [-0.3, -0.25) is 4.79 Å². The number of aryl methyl sites for hydroxylation is 1. The van der Waals surface area contributed by atoms with E-state index in [0.717, 1.165) is 17.1 Å². The molecule has 0 aliphatic rings. The smallest absolute Gasteiger partial charge is 0.416 e. The van der Waals surface area contributed by atoms with Gasteiger partial charge in [0.1, 0.15) is 17.2 Å². The Morgan fingerprint density at radius 3 is 2.43 bits per heavy atom. The van der Waals surface area contributed by atoms with Crippen molar-refractivity contribution in [2.45, 2.75) is 39.3 Å². The van der Waals surface area contributed by atoms with E-state index >= 15 is 0 Å². The molecule has 0 aliphatic heterocycles. The molecule has 0 spiro atoms. The molecule has 9 heteroatoms. The number of rotatable bonds is 6. The summed E-state index contributed by atoms with van der Waals surface area (Å²) in [5, 5.41) is 3.31. The highest BCUT2D eigenvalue weighted by molar-refractivity contribution is 7.14. The molecule has 2 rings (SSSR count). The summed E-state index contributed by atoms with van der Waals surface area (Å²) < 4.78 is 49.6. The first-order chi connectivity index (χ1) is 12.9. The van der Waals surface area contributed by atoms with Crippen LogP contribution in [0.4, 0.5) is 18.9 Å². The second kappa shape index (κ2) is 8.48. The third kappa shape index (κ3) is 5.45. The number of ether oxygens (including phenoxy) is 2. The molecular formula is C19H23F3N2O3S. The number of thiazole rings is 1. The van der Waals surface area contributed by atoms with Gasteiger partial charge in [-0.1, -0.05) is 20.8 Å². The lowest BCUT2D eigenvalue weighted by Gasteiger charge is -2.15. The maximum atomic E-state index is 13.1. The first-order valence-corrected chi connectivity index (χ1v) is 9.37. The molecule has 0 aliphatic carbocycles. The zero-order valence-corrected chi connectivity index (χ0v) is 17.2. The molecule has 154 valence electrons. The maximum absolute atomic E-state index is 13.1. The summed E-state index contributed by atoms with van der Waals surface area (Å²) in [6.07, 6.45) is -4.54.